The van der Waals surface area contributed by atoms with Crippen LogP contribution in [0.25, 0.3) is 0 Å². The molecular weight excluding hydrogens is 272 g/mol. The summed E-state index contributed by atoms with van der Waals surface area (Å²) in [6.07, 6.45) is -2.56. The van der Waals surface area contributed by atoms with Gasteiger partial charge in [-0.3, -0.25) is 0 Å². The van der Waals surface area contributed by atoms with Crippen molar-refractivity contribution in [1.29, 1.82) is 0 Å². The van der Waals surface area contributed by atoms with Crippen molar-refractivity contribution in [2.24, 2.45) is 0 Å². The first kappa shape index (κ1) is 15.3. The van der Waals surface area contributed by atoms with Crippen molar-refractivity contribution in [2.45, 2.75) is 31.6 Å². The van der Waals surface area contributed by atoms with E-state index in [1.807, 2.05) is 7.05 Å². The highest BCUT2D eigenvalue weighted by Gasteiger charge is 2.34. The fraction of sp³-hybridized carbons (Fsp3) is 0.571. The standard InChI is InChI=1S/C14H18F4N2/c1-20-6-2-3-11(9-20)19-8-10-4-5-13(15)12(7-10)14(16,17)18/h4-5,7,11,19H,2-3,6,8-9H2,1H3. The molecule has 1 unspecified atom stereocenters. The molecule has 0 aromatic heterocycles. The lowest BCUT2D eigenvalue weighted by molar-refractivity contribution is -0.140. The van der Waals surface area contributed by atoms with Crippen LogP contribution >= 0.6 is 0 Å². The summed E-state index contributed by atoms with van der Waals surface area (Å²) in [5.41, 5.74) is -0.746. The molecule has 0 spiro atoms. The zero-order valence-electron chi connectivity index (χ0n) is 11.3. The second-order valence-electron chi connectivity index (χ2n) is 5.29. The van der Waals surface area contributed by atoms with Crippen LogP contribution in [0, 0.1) is 5.82 Å². The number of benzene rings is 1. The molecule has 1 N–H and O–H groups in total. The van der Waals surface area contributed by atoms with Gasteiger partial charge in [0, 0.05) is 19.1 Å². The number of rotatable bonds is 3. The molecule has 6 heteroatoms. The van der Waals surface area contributed by atoms with Crippen molar-refractivity contribution in [2.75, 3.05) is 20.1 Å². The third kappa shape index (κ3) is 3.93. The Labute approximate surface area is 115 Å². The SMILES string of the molecule is CN1CCCC(NCc2ccc(F)c(C(F)(F)F)c2)C1. The molecule has 0 aliphatic carbocycles. The van der Waals surface area contributed by atoms with Crippen LogP contribution in [0.3, 0.4) is 0 Å². The van der Waals surface area contributed by atoms with Gasteiger partial charge in [0.15, 0.2) is 0 Å². The second-order valence-corrected chi connectivity index (χ2v) is 5.29. The number of hydrogen-bond acceptors (Lipinski definition) is 2. The van der Waals surface area contributed by atoms with E-state index in [4.69, 9.17) is 0 Å². The van der Waals surface area contributed by atoms with E-state index in [1.54, 1.807) is 0 Å². The lowest BCUT2D eigenvalue weighted by atomic mass is 10.1. The van der Waals surface area contributed by atoms with E-state index in [2.05, 4.69) is 10.2 Å². The van der Waals surface area contributed by atoms with E-state index in [-0.39, 0.29) is 6.04 Å². The van der Waals surface area contributed by atoms with Crippen molar-refractivity contribution in [3.63, 3.8) is 0 Å². The van der Waals surface area contributed by atoms with E-state index in [0.717, 1.165) is 38.1 Å². The maximum atomic E-state index is 13.2. The molecule has 0 radical (unpaired) electrons. The molecule has 0 saturated carbocycles. The lowest BCUT2D eigenvalue weighted by Gasteiger charge is -2.30. The maximum absolute atomic E-state index is 13.2. The maximum Gasteiger partial charge on any atom is 0.419 e. The van der Waals surface area contributed by atoms with Crippen LogP contribution < -0.4 is 5.32 Å². The molecule has 1 fully saturated rings. The van der Waals surface area contributed by atoms with Gasteiger partial charge in [-0.25, -0.2) is 4.39 Å². The largest absolute Gasteiger partial charge is 0.419 e. The minimum Gasteiger partial charge on any atom is -0.309 e. The first-order chi connectivity index (χ1) is 9.36. The zero-order valence-corrected chi connectivity index (χ0v) is 11.3. The van der Waals surface area contributed by atoms with Gasteiger partial charge in [-0.05, 0) is 44.1 Å². The van der Waals surface area contributed by atoms with Crippen molar-refractivity contribution in [3.8, 4) is 0 Å². The van der Waals surface area contributed by atoms with E-state index < -0.39 is 17.6 Å². The quantitative estimate of drug-likeness (QED) is 0.861. The van der Waals surface area contributed by atoms with Crippen LogP contribution in [-0.4, -0.2) is 31.1 Å². The van der Waals surface area contributed by atoms with E-state index in [9.17, 15) is 17.6 Å². The van der Waals surface area contributed by atoms with Gasteiger partial charge in [0.1, 0.15) is 5.82 Å². The molecule has 2 nitrogen and oxygen atoms in total. The molecular formula is C14H18F4N2. The molecule has 20 heavy (non-hydrogen) atoms. The molecule has 1 aromatic carbocycles. The fourth-order valence-corrected chi connectivity index (χ4v) is 2.49. The highest BCUT2D eigenvalue weighted by Crippen LogP contribution is 2.31. The Morgan fingerprint density at radius 3 is 2.75 bits per heavy atom. The molecule has 2 rings (SSSR count). The third-order valence-electron chi connectivity index (χ3n) is 3.56. The summed E-state index contributed by atoms with van der Waals surface area (Å²) >= 11 is 0. The van der Waals surface area contributed by atoms with Gasteiger partial charge in [0.25, 0.3) is 0 Å². The van der Waals surface area contributed by atoms with Crippen LogP contribution in [0.15, 0.2) is 18.2 Å². The molecule has 112 valence electrons. The molecule has 0 amide bonds. The molecule has 1 aliphatic heterocycles. The van der Waals surface area contributed by atoms with Crippen LogP contribution in [0.5, 0.6) is 0 Å². The lowest BCUT2D eigenvalue weighted by Crippen LogP contribution is -2.43. The summed E-state index contributed by atoms with van der Waals surface area (Å²) in [5, 5.41) is 3.23. The second kappa shape index (κ2) is 6.10. The Bertz CT molecular complexity index is 459. The van der Waals surface area contributed by atoms with Gasteiger partial charge in [-0.15, -0.1) is 0 Å². The number of halogens is 4. The average molecular weight is 290 g/mol. The van der Waals surface area contributed by atoms with E-state index >= 15 is 0 Å². The van der Waals surface area contributed by atoms with Crippen LogP contribution in [-0.2, 0) is 12.7 Å². The Morgan fingerprint density at radius 2 is 2.10 bits per heavy atom. The summed E-state index contributed by atoms with van der Waals surface area (Å²) in [6.45, 7) is 2.25. The molecule has 1 aromatic rings. The normalized spacial score (nSPS) is 21.1. The summed E-state index contributed by atoms with van der Waals surface area (Å²) in [7, 11) is 2.02. The van der Waals surface area contributed by atoms with Gasteiger partial charge in [0.05, 0.1) is 5.56 Å². The van der Waals surface area contributed by atoms with E-state index in [1.165, 1.54) is 6.07 Å². The molecule has 0 bridgehead atoms. The van der Waals surface area contributed by atoms with Crippen molar-refractivity contribution in [1.82, 2.24) is 10.2 Å². The molecule has 1 saturated heterocycles. The average Bonchev–Trinajstić information content (AvgIpc) is 2.36. The van der Waals surface area contributed by atoms with Gasteiger partial charge in [-0.2, -0.15) is 13.2 Å². The highest BCUT2D eigenvalue weighted by molar-refractivity contribution is 5.27. The number of likely N-dealkylation sites (N-methyl/N-ethyl adjacent to an activating group) is 1. The molecule has 1 aliphatic rings. The number of hydrogen-bond donors (Lipinski definition) is 1. The first-order valence-corrected chi connectivity index (χ1v) is 6.64. The number of nitrogens with zero attached hydrogens (tertiary/aromatic N) is 1. The topological polar surface area (TPSA) is 15.3 Å². The third-order valence-corrected chi connectivity index (χ3v) is 3.56. The Kier molecular flexibility index (Phi) is 4.65. The van der Waals surface area contributed by atoms with E-state index in [0.29, 0.717) is 12.1 Å². The Balaban J connectivity index is 1.99. The highest BCUT2D eigenvalue weighted by atomic mass is 19.4. The minimum atomic E-state index is -4.65. The fourth-order valence-electron chi connectivity index (χ4n) is 2.49. The predicted molar refractivity (Wildman–Crippen MR) is 68.8 cm³/mol. The van der Waals surface area contributed by atoms with Gasteiger partial charge >= 0.3 is 6.18 Å². The first-order valence-electron chi connectivity index (χ1n) is 6.64. The number of piperidine rings is 1. The number of nitrogens with one attached hydrogen (secondary N) is 1. The van der Waals surface area contributed by atoms with Gasteiger partial charge in [0.2, 0.25) is 0 Å². The number of likely N-dealkylation sites (tertiary alicyclic amines) is 1. The Hall–Kier alpha value is -1.14. The van der Waals surface area contributed by atoms with Crippen molar-refractivity contribution in [3.05, 3.63) is 35.1 Å². The smallest absolute Gasteiger partial charge is 0.309 e. The van der Waals surface area contributed by atoms with Gasteiger partial charge in [-0.1, -0.05) is 6.07 Å². The molecule has 1 atom stereocenters. The van der Waals surface area contributed by atoms with Crippen molar-refractivity contribution < 1.29 is 17.6 Å². The summed E-state index contributed by atoms with van der Waals surface area (Å²) in [5.74, 6) is -1.22. The number of alkyl halides is 3. The molecule has 1 heterocycles. The summed E-state index contributed by atoms with van der Waals surface area (Å²) < 4.78 is 51.0. The summed E-state index contributed by atoms with van der Waals surface area (Å²) in [6, 6.07) is 3.43. The van der Waals surface area contributed by atoms with Crippen molar-refractivity contribution >= 4 is 0 Å². The predicted octanol–water partition coefficient (Wildman–Crippen LogP) is 3.03. The monoisotopic (exact) mass is 290 g/mol. The van der Waals surface area contributed by atoms with Gasteiger partial charge < -0.3 is 10.2 Å². The minimum absolute atomic E-state index is 0.271. The van der Waals surface area contributed by atoms with Crippen LogP contribution in [0.1, 0.15) is 24.0 Å². The zero-order chi connectivity index (χ0) is 14.8. The van der Waals surface area contributed by atoms with Crippen LogP contribution in [0.2, 0.25) is 0 Å². The Morgan fingerprint density at radius 1 is 1.35 bits per heavy atom. The summed E-state index contributed by atoms with van der Waals surface area (Å²) in [4.78, 5) is 2.19. The van der Waals surface area contributed by atoms with Crippen LogP contribution in [0.4, 0.5) is 17.6 Å².